The summed E-state index contributed by atoms with van der Waals surface area (Å²) in [6, 6.07) is 3.86. The minimum absolute atomic E-state index is 0.102. The zero-order chi connectivity index (χ0) is 29.7. The molecular formula is C30H33F3N8OS2. The van der Waals surface area contributed by atoms with E-state index in [-0.39, 0.29) is 35.0 Å². The Hall–Kier alpha value is -2.81. The van der Waals surface area contributed by atoms with E-state index in [0.29, 0.717) is 57.2 Å². The summed E-state index contributed by atoms with van der Waals surface area (Å²) in [5.74, 6) is -0.273. The van der Waals surface area contributed by atoms with E-state index >= 15 is 4.39 Å². The van der Waals surface area contributed by atoms with Crippen molar-refractivity contribution in [3.63, 3.8) is 0 Å². The van der Waals surface area contributed by atoms with Crippen molar-refractivity contribution in [2.75, 3.05) is 43.4 Å². The molecule has 2 aromatic heterocycles. The third kappa shape index (κ3) is 4.38. The van der Waals surface area contributed by atoms with Crippen molar-refractivity contribution >= 4 is 56.0 Å². The summed E-state index contributed by atoms with van der Waals surface area (Å²) in [5.41, 5.74) is 6.94. The van der Waals surface area contributed by atoms with Crippen molar-refractivity contribution in [3.05, 3.63) is 29.2 Å². The van der Waals surface area contributed by atoms with Crippen LogP contribution in [0.4, 0.5) is 24.1 Å². The molecule has 4 saturated heterocycles. The van der Waals surface area contributed by atoms with Gasteiger partial charge in [-0.2, -0.15) is 9.97 Å². The number of aromatic nitrogens is 3. The number of rotatable bonds is 6. The zero-order valence-electron chi connectivity index (χ0n) is 24.1. The number of nitrogens with one attached hydrogen (secondary N) is 1. The molecule has 5 aliphatic heterocycles. The maximum Gasteiger partial charge on any atom is 0.319 e. The summed E-state index contributed by atoms with van der Waals surface area (Å²) >= 11 is 2.51. The lowest BCUT2D eigenvalue weighted by Crippen LogP contribution is -2.51. The maximum atomic E-state index is 17.1. The summed E-state index contributed by atoms with van der Waals surface area (Å²) in [4.78, 5) is 19.1. The van der Waals surface area contributed by atoms with E-state index in [1.165, 1.54) is 18.0 Å². The summed E-state index contributed by atoms with van der Waals surface area (Å²) in [5, 5.41) is 3.90. The van der Waals surface area contributed by atoms with E-state index in [1.807, 2.05) is 4.31 Å². The summed E-state index contributed by atoms with van der Waals surface area (Å²) < 4.78 is 55.0. The highest BCUT2D eigenvalue weighted by Crippen LogP contribution is 2.54. The average Bonchev–Trinajstić information content (AvgIpc) is 3.38. The number of fused-ring (bicyclic) bond motifs is 5. The Bertz CT molecular complexity index is 1690. The molecule has 3 aromatic rings. The topological polar surface area (TPSA) is 95.7 Å². The predicted octanol–water partition coefficient (Wildman–Crippen LogP) is 4.98. The number of anilines is 2. The zero-order valence-corrected chi connectivity index (χ0v) is 25.7. The lowest BCUT2D eigenvalue weighted by Gasteiger charge is -2.37. The van der Waals surface area contributed by atoms with E-state index in [0.717, 1.165) is 69.5 Å². The van der Waals surface area contributed by atoms with E-state index < -0.39 is 17.8 Å². The number of benzene rings is 1. The fourth-order valence-electron chi connectivity index (χ4n) is 7.89. The van der Waals surface area contributed by atoms with Gasteiger partial charge in [0.05, 0.1) is 21.5 Å². The van der Waals surface area contributed by atoms with Gasteiger partial charge in [-0.15, -0.1) is 0 Å². The van der Waals surface area contributed by atoms with Crippen molar-refractivity contribution in [1.29, 1.82) is 0 Å². The Morgan fingerprint density at radius 3 is 2.68 bits per heavy atom. The van der Waals surface area contributed by atoms with Crippen molar-refractivity contribution in [2.24, 2.45) is 0 Å². The minimum Gasteiger partial charge on any atom is -0.461 e. The molecule has 0 radical (unpaired) electrons. The third-order valence-corrected chi connectivity index (χ3v) is 12.2. The molecule has 2 bridgehead atoms. The molecule has 44 heavy (non-hydrogen) atoms. The van der Waals surface area contributed by atoms with Crippen molar-refractivity contribution in [2.45, 2.75) is 79.7 Å². The largest absolute Gasteiger partial charge is 0.461 e. The Morgan fingerprint density at radius 1 is 1.07 bits per heavy atom. The van der Waals surface area contributed by atoms with Crippen LogP contribution in [-0.4, -0.2) is 86.8 Å². The van der Waals surface area contributed by atoms with E-state index in [2.05, 4.69) is 20.1 Å². The number of piperazine rings is 1. The standard InChI is InChI=1S/C30H33F3N8OS2/c31-15-10-30(8-1-9-40(30)11-15)14-42-29-37-23-21(33)24(19-6-7-20(32)25-22(19)36-28(34)43-25)41(18-4-5-18)44-26(23)27(38-29)39-12-16-2-3-17(13-39)35-16/h6-7,15-18,35H,1-5,8-14H2,(H2,34,36)/t15?,16?,17?,30-/m0/s1. The lowest BCUT2D eigenvalue weighted by atomic mass is 9.95. The molecule has 232 valence electrons. The molecule has 1 aliphatic carbocycles. The molecule has 6 aliphatic rings. The minimum atomic E-state index is -0.879. The smallest absolute Gasteiger partial charge is 0.319 e. The molecule has 14 heteroatoms. The molecule has 1 aromatic carbocycles. The number of nitrogen functional groups attached to an aromatic ring is 1. The van der Waals surface area contributed by atoms with Crippen LogP contribution in [0.3, 0.4) is 0 Å². The van der Waals surface area contributed by atoms with E-state index in [1.54, 1.807) is 6.07 Å². The van der Waals surface area contributed by atoms with Crippen LogP contribution in [0.2, 0.25) is 0 Å². The summed E-state index contributed by atoms with van der Waals surface area (Å²) in [6.45, 7) is 3.06. The van der Waals surface area contributed by atoms with Crippen molar-refractivity contribution < 1.29 is 17.9 Å². The predicted molar refractivity (Wildman–Crippen MR) is 165 cm³/mol. The van der Waals surface area contributed by atoms with E-state index in [9.17, 15) is 8.78 Å². The van der Waals surface area contributed by atoms with Crippen LogP contribution in [0.1, 0.15) is 56.2 Å². The highest BCUT2D eigenvalue weighted by atomic mass is 32.2. The highest BCUT2D eigenvalue weighted by Gasteiger charge is 2.50. The average molecular weight is 643 g/mol. The Kier molecular flexibility index (Phi) is 6.31. The van der Waals surface area contributed by atoms with Gasteiger partial charge in [-0.3, -0.25) is 4.90 Å². The van der Waals surface area contributed by atoms with Crippen molar-refractivity contribution in [3.8, 4) is 6.01 Å². The van der Waals surface area contributed by atoms with Gasteiger partial charge in [-0.25, -0.2) is 18.2 Å². The quantitative estimate of drug-likeness (QED) is 0.359. The molecule has 5 fully saturated rings. The molecule has 3 N–H and O–H groups in total. The number of halogens is 3. The molecule has 1 saturated carbocycles. The fraction of sp³-hybridized carbons (Fsp3) is 0.567. The van der Waals surface area contributed by atoms with Gasteiger partial charge in [0.25, 0.3) is 0 Å². The number of thiazole rings is 1. The second-order valence-electron chi connectivity index (χ2n) is 13.0. The van der Waals surface area contributed by atoms with Gasteiger partial charge in [0.2, 0.25) is 0 Å². The number of alkyl halides is 1. The fourth-order valence-corrected chi connectivity index (χ4v) is 9.96. The first kappa shape index (κ1) is 27.5. The molecule has 4 atom stereocenters. The maximum absolute atomic E-state index is 17.1. The van der Waals surface area contributed by atoms with Gasteiger partial charge < -0.3 is 25.0 Å². The van der Waals surface area contributed by atoms with Crippen LogP contribution in [0, 0.1) is 5.82 Å². The van der Waals surface area contributed by atoms with Gasteiger partial charge >= 0.3 is 6.01 Å². The first-order valence-electron chi connectivity index (χ1n) is 15.5. The second kappa shape index (κ2) is 10.1. The van der Waals surface area contributed by atoms with Crippen LogP contribution >= 0.6 is 23.3 Å². The normalized spacial score (nSPS) is 30.0. The Morgan fingerprint density at radius 2 is 1.89 bits per heavy atom. The number of hydrogen-bond donors (Lipinski definition) is 2. The highest BCUT2D eigenvalue weighted by molar-refractivity contribution is 7.97. The first-order valence-corrected chi connectivity index (χ1v) is 17.1. The lowest BCUT2D eigenvalue weighted by molar-refractivity contribution is 0.107. The molecule has 9 rings (SSSR count). The molecule has 3 unspecified atom stereocenters. The van der Waals surface area contributed by atoms with Crippen molar-refractivity contribution in [1.82, 2.24) is 29.5 Å². The van der Waals surface area contributed by atoms with Crippen LogP contribution in [0.5, 0.6) is 6.01 Å². The monoisotopic (exact) mass is 642 g/mol. The van der Waals surface area contributed by atoms with Crippen LogP contribution in [-0.2, 0) is 0 Å². The molecule has 7 heterocycles. The SMILES string of the molecule is Nc1nc2c(C3=C(F)c4nc(OC[C@@]56CCCN5CC(F)C6)nc(N5CC6CCC(C5)N6)c4SN3C3CC3)ccc(F)c2s1. The molecule has 0 spiro atoms. The molecule has 9 nitrogen and oxygen atoms in total. The van der Waals surface area contributed by atoms with Crippen LogP contribution < -0.4 is 20.7 Å². The van der Waals surface area contributed by atoms with Crippen LogP contribution in [0.15, 0.2) is 17.0 Å². The second-order valence-corrected chi connectivity index (χ2v) is 15.1. The van der Waals surface area contributed by atoms with Gasteiger partial charge in [-0.05, 0) is 69.2 Å². The molecule has 0 amide bonds. The van der Waals surface area contributed by atoms with Gasteiger partial charge in [0.1, 0.15) is 29.2 Å². The van der Waals surface area contributed by atoms with Gasteiger partial charge in [0.15, 0.2) is 16.8 Å². The van der Waals surface area contributed by atoms with Gasteiger partial charge in [-0.1, -0.05) is 11.3 Å². The Labute approximate surface area is 261 Å². The van der Waals surface area contributed by atoms with Gasteiger partial charge in [0, 0.05) is 49.7 Å². The Balaban J connectivity index is 1.17. The third-order valence-electron chi connectivity index (χ3n) is 10.0. The summed E-state index contributed by atoms with van der Waals surface area (Å²) in [7, 11) is 0. The number of ether oxygens (including phenoxy) is 1. The van der Waals surface area contributed by atoms with E-state index in [4.69, 9.17) is 20.4 Å². The van der Waals surface area contributed by atoms with Crippen LogP contribution in [0.25, 0.3) is 21.7 Å². The molecular weight excluding hydrogens is 610 g/mol. The number of hydrogen-bond acceptors (Lipinski definition) is 11. The first-order chi connectivity index (χ1) is 21.3. The number of nitrogens with two attached hydrogens (primary N) is 1. The number of nitrogens with zero attached hydrogens (tertiary/aromatic N) is 6. The summed E-state index contributed by atoms with van der Waals surface area (Å²) in [6.07, 6.45) is 5.43.